The van der Waals surface area contributed by atoms with Gasteiger partial charge in [-0.05, 0) is 38.0 Å². The second kappa shape index (κ2) is 7.03. The summed E-state index contributed by atoms with van der Waals surface area (Å²) in [7, 11) is 0. The molecule has 1 aliphatic heterocycles. The van der Waals surface area contributed by atoms with Crippen molar-refractivity contribution >= 4 is 21.8 Å². The Hall–Kier alpha value is -2.47. The molecule has 1 fully saturated rings. The van der Waals surface area contributed by atoms with Crippen molar-refractivity contribution in [2.75, 3.05) is 6.54 Å². The molecule has 0 aliphatic carbocycles. The summed E-state index contributed by atoms with van der Waals surface area (Å²) in [6.07, 6.45) is 1.75. The first kappa shape index (κ1) is 17.0. The summed E-state index contributed by atoms with van der Waals surface area (Å²) < 4.78 is 6.40. The van der Waals surface area contributed by atoms with Gasteiger partial charge in [-0.2, -0.15) is 4.98 Å². The van der Waals surface area contributed by atoms with Gasteiger partial charge in [0.05, 0.1) is 0 Å². The fraction of sp³-hybridized carbons (Fsp3) is 0.250. The van der Waals surface area contributed by atoms with Crippen LogP contribution in [0.3, 0.4) is 0 Å². The normalized spacial score (nSPS) is 16.8. The van der Waals surface area contributed by atoms with E-state index in [-0.39, 0.29) is 11.9 Å². The molecule has 0 N–H and O–H groups in total. The number of aryl methyl sites for hydroxylation is 1. The summed E-state index contributed by atoms with van der Waals surface area (Å²) in [6.45, 7) is 2.73. The highest BCUT2D eigenvalue weighted by atomic mass is 79.9. The number of rotatable bonds is 3. The Morgan fingerprint density at radius 1 is 1.23 bits per heavy atom. The Morgan fingerprint density at radius 3 is 2.81 bits per heavy atom. The third-order valence-electron chi connectivity index (χ3n) is 4.62. The van der Waals surface area contributed by atoms with Gasteiger partial charge in [0.15, 0.2) is 0 Å². The molecule has 5 nitrogen and oxygen atoms in total. The number of benzene rings is 2. The molecule has 0 radical (unpaired) electrons. The average Bonchev–Trinajstić information content (AvgIpc) is 3.31. The first-order chi connectivity index (χ1) is 12.6. The average molecular weight is 412 g/mol. The molecule has 1 saturated heterocycles. The first-order valence-corrected chi connectivity index (χ1v) is 9.38. The van der Waals surface area contributed by atoms with E-state index < -0.39 is 0 Å². The molecular formula is C20H18BrN3O2. The molecule has 3 aromatic rings. The minimum absolute atomic E-state index is 0.0103. The number of carbonyl (C=O) groups excluding carboxylic acids is 1. The zero-order chi connectivity index (χ0) is 18.1. The second-order valence-corrected chi connectivity index (χ2v) is 7.40. The molecule has 1 amide bonds. The van der Waals surface area contributed by atoms with Gasteiger partial charge in [0.2, 0.25) is 11.7 Å². The molecule has 2 aromatic carbocycles. The van der Waals surface area contributed by atoms with E-state index in [4.69, 9.17) is 4.52 Å². The highest BCUT2D eigenvalue weighted by Gasteiger charge is 2.34. The van der Waals surface area contributed by atoms with Crippen molar-refractivity contribution in [3.63, 3.8) is 0 Å². The van der Waals surface area contributed by atoms with E-state index in [1.54, 1.807) is 0 Å². The molecule has 0 saturated carbocycles. The van der Waals surface area contributed by atoms with Gasteiger partial charge in [-0.1, -0.05) is 57.0 Å². The topological polar surface area (TPSA) is 59.2 Å². The molecule has 1 aliphatic rings. The second-order valence-electron chi connectivity index (χ2n) is 6.49. The minimum Gasteiger partial charge on any atom is -0.337 e. The Labute approximate surface area is 160 Å². The van der Waals surface area contributed by atoms with Crippen LogP contribution in [0.5, 0.6) is 0 Å². The van der Waals surface area contributed by atoms with E-state index in [1.807, 2.05) is 60.4 Å². The lowest BCUT2D eigenvalue weighted by Crippen LogP contribution is -2.30. The monoisotopic (exact) mass is 411 g/mol. The van der Waals surface area contributed by atoms with Crippen molar-refractivity contribution in [1.29, 1.82) is 0 Å². The Balaban J connectivity index is 1.59. The molecule has 1 aromatic heterocycles. The number of aromatic nitrogens is 2. The van der Waals surface area contributed by atoms with Crippen LogP contribution in [0.15, 0.2) is 57.5 Å². The number of hydrogen-bond acceptors (Lipinski definition) is 4. The van der Waals surface area contributed by atoms with E-state index in [1.165, 1.54) is 5.56 Å². The molecule has 1 atom stereocenters. The quantitative estimate of drug-likeness (QED) is 0.621. The number of hydrogen-bond donors (Lipinski definition) is 0. The van der Waals surface area contributed by atoms with Crippen LogP contribution in [0.2, 0.25) is 0 Å². The van der Waals surface area contributed by atoms with Crippen molar-refractivity contribution in [1.82, 2.24) is 15.0 Å². The van der Waals surface area contributed by atoms with Crippen LogP contribution in [-0.4, -0.2) is 27.5 Å². The van der Waals surface area contributed by atoms with Gasteiger partial charge in [-0.3, -0.25) is 4.79 Å². The summed E-state index contributed by atoms with van der Waals surface area (Å²) >= 11 is 3.42. The van der Waals surface area contributed by atoms with Crippen LogP contribution in [0.1, 0.15) is 40.7 Å². The number of nitrogens with zero attached hydrogens (tertiary/aromatic N) is 3. The summed E-state index contributed by atoms with van der Waals surface area (Å²) in [4.78, 5) is 19.3. The zero-order valence-electron chi connectivity index (χ0n) is 14.4. The van der Waals surface area contributed by atoms with E-state index in [0.717, 1.165) is 22.9 Å². The van der Waals surface area contributed by atoms with Crippen LogP contribution in [0, 0.1) is 6.92 Å². The van der Waals surface area contributed by atoms with Gasteiger partial charge in [-0.25, -0.2) is 0 Å². The predicted molar refractivity (Wildman–Crippen MR) is 102 cm³/mol. The van der Waals surface area contributed by atoms with Gasteiger partial charge in [-0.15, -0.1) is 0 Å². The molecule has 26 heavy (non-hydrogen) atoms. The van der Waals surface area contributed by atoms with Crippen LogP contribution >= 0.6 is 15.9 Å². The third-order valence-corrected chi connectivity index (χ3v) is 5.12. The maximum atomic E-state index is 12.9. The standard InChI is InChI=1S/C20H18BrN3O2/c1-13-7-9-14(10-8-13)18-22-19(26-23-18)17-6-3-11-24(17)20(25)15-4-2-5-16(21)12-15/h2,4-5,7-10,12,17H,3,6,11H2,1H3. The largest absolute Gasteiger partial charge is 0.337 e. The summed E-state index contributed by atoms with van der Waals surface area (Å²) in [5.41, 5.74) is 2.75. The summed E-state index contributed by atoms with van der Waals surface area (Å²) in [6, 6.07) is 15.2. The van der Waals surface area contributed by atoms with Gasteiger partial charge in [0.25, 0.3) is 5.91 Å². The molecule has 132 valence electrons. The Morgan fingerprint density at radius 2 is 2.04 bits per heavy atom. The number of halogens is 1. The highest BCUT2D eigenvalue weighted by molar-refractivity contribution is 9.10. The van der Waals surface area contributed by atoms with Crippen molar-refractivity contribution in [3.8, 4) is 11.4 Å². The molecule has 2 heterocycles. The predicted octanol–water partition coefficient (Wildman–Crippen LogP) is 4.78. The van der Waals surface area contributed by atoms with Crippen molar-refractivity contribution < 1.29 is 9.32 Å². The van der Waals surface area contributed by atoms with E-state index >= 15 is 0 Å². The van der Waals surface area contributed by atoms with Crippen molar-refractivity contribution in [2.45, 2.75) is 25.8 Å². The van der Waals surface area contributed by atoms with Gasteiger partial charge < -0.3 is 9.42 Å². The number of amides is 1. The molecular weight excluding hydrogens is 394 g/mol. The highest BCUT2D eigenvalue weighted by Crippen LogP contribution is 2.33. The fourth-order valence-corrected chi connectivity index (χ4v) is 3.64. The van der Waals surface area contributed by atoms with Crippen molar-refractivity contribution in [2.24, 2.45) is 0 Å². The van der Waals surface area contributed by atoms with Gasteiger partial charge in [0.1, 0.15) is 6.04 Å². The molecule has 0 spiro atoms. The number of carbonyl (C=O) groups is 1. The number of likely N-dealkylation sites (tertiary alicyclic amines) is 1. The van der Waals surface area contributed by atoms with Crippen LogP contribution in [0.25, 0.3) is 11.4 Å². The zero-order valence-corrected chi connectivity index (χ0v) is 15.9. The molecule has 6 heteroatoms. The van der Waals surface area contributed by atoms with Crippen molar-refractivity contribution in [3.05, 3.63) is 70.0 Å². The van der Waals surface area contributed by atoms with E-state index in [9.17, 15) is 4.79 Å². The smallest absolute Gasteiger partial charge is 0.254 e. The van der Waals surface area contributed by atoms with Gasteiger partial charge >= 0.3 is 0 Å². The maximum Gasteiger partial charge on any atom is 0.254 e. The third kappa shape index (κ3) is 3.29. The molecule has 1 unspecified atom stereocenters. The van der Waals surface area contributed by atoms with Crippen LogP contribution in [-0.2, 0) is 0 Å². The lowest BCUT2D eigenvalue weighted by molar-refractivity contribution is 0.0710. The van der Waals surface area contributed by atoms with Crippen LogP contribution in [0.4, 0.5) is 0 Å². The summed E-state index contributed by atoms with van der Waals surface area (Å²) in [5, 5.41) is 4.11. The lowest BCUT2D eigenvalue weighted by Gasteiger charge is -2.22. The maximum absolute atomic E-state index is 12.9. The SMILES string of the molecule is Cc1ccc(-c2noc(C3CCCN3C(=O)c3cccc(Br)c3)n2)cc1. The van der Waals surface area contributed by atoms with Crippen LogP contribution < -0.4 is 0 Å². The molecule has 4 rings (SSSR count). The Kier molecular flexibility index (Phi) is 4.59. The summed E-state index contributed by atoms with van der Waals surface area (Å²) in [5.74, 6) is 1.05. The minimum atomic E-state index is -0.173. The van der Waals surface area contributed by atoms with E-state index in [0.29, 0.717) is 23.8 Å². The lowest BCUT2D eigenvalue weighted by atomic mass is 10.1. The first-order valence-electron chi connectivity index (χ1n) is 8.59. The van der Waals surface area contributed by atoms with Gasteiger partial charge in [0, 0.05) is 22.1 Å². The Bertz CT molecular complexity index is 936. The fourth-order valence-electron chi connectivity index (χ4n) is 3.24. The molecule has 0 bridgehead atoms. The van der Waals surface area contributed by atoms with E-state index in [2.05, 4.69) is 26.1 Å².